The Morgan fingerprint density at radius 2 is 1.29 bits per heavy atom. The van der Waals surface area contributed by atoms with Crippen LogP contribution in [0, 0.1) is 17.8 Å². The molecule has 162 valence electrons. The highest BCUT2D eigenvalue weighted by molar-refractivity contribution is 7.80. The third-order valence-electron chi connectivity index (χ3n) is 7.53. The number of hydrogen-bond acceptors (Lipinski definition) is 1. The number of benzene rings is 2. The van der Waals surface area contributed by atoms with Crippen LogP contribution in [-0.2, 0) is 12.8 Å². The molecule has 2 heterocycles. The molecule has 3 unspecified atom stereocenters. The monoisotopic (exact) mass is 430 g/mol. The second-order valence-electron chi connectivity index (χ2n) is 9.55. The number of hydrogen-bond donors (Lipinski definition) is 3. The lowest BCUT2D eigenvalue weighted by Crippen LogP contribution is -2.26. The predicted octanol–water partition coefficient (Wildman–Crippen LogP) is 7.57. The number of H-pyrrole nitrogens is 2. The number of aryl methyl sites for hydroxylation is 2. The fraction of sp³-hybridized carbons (Fsp3) is 0.429. The van der Waals surface area contributed by atoms with Crippen molar-refractivity contribution in [3.05, 3.63) is 72.1 Å². The Hall–Kier alpha value is -2.13. The molecule has 3 heteroatoms. The summed E-state index contributed by atoms with van der Waals surface area (Å²) in [7, 11) is 0. The molecule has 0 aliphatic heterocycles. The van der Waals surface area contributed by atoms with Crippen molar-refractivity contribution in [3.63, 3.8) is 0 Å². The van der Waals surface area contributed by atoms with E-state index >= 15 is 0 Å². The van der Waals surface area contributed by atoms with Gasteiger partial charge in [-0.05, 0) is 103 Å². The van der Waals surface area contributed by atoms with E-state index in [4.69, 9.17) is 0 Å². The Morgan fingerprint density at radius 3 is 1.87 bits per heavy atom. The first-order valence-corrected chi connectivity index (χ1v) is 12.7. The standard InChI is InChI=1S/C28H34N2S/c31-16-15-20-9-10-21(11-13-25-18-23-5-1-3-7-27(23)29-25)22(17-20)12-14-26-19-24-6-2-4-8-28(24)30-26/h1-8,18-22,29-31H,9-17H2. The van der Waals surface area contributed by atoms with Crippen LogP contribution >= 0.6 is 12.6 Å². The molecule has 0 amide bonds. The summed E-state index contributed by atoms with van der Waals surface area (Å²) in [5, 5.41) is 2.68. The Balaban J connectivity index is 1.25. The molecular formula is C28H34N2S. The number of thiol groups is 1. The van der Waals surface area contributed by atoms with Crippen molar-refractivity contribution in [1.82, 2.24) is 9.97 Å². The molecule has 5 rings (SSSR count). The van der Waals surface area contributed by atoms with Crippen LogP contribution in [0.4, 0.5) is 0 Å². The molecule has 2 N–H and O–H groups in total. The summed E-state index contributed by atoms with van der Waals surface area (Å²) in [6.07, 6.45) is 10.4. The van der Waals surface area contributed by atoms with Crippen LogP contribution < -0.4 is 0 Å². The summed E-state index contributed by atoms with van der Waals surface area (Å²) >= 11 is 4.53. The van der Waals surface area contributed by atoms with Gasteiger partial charge in [0.05, 0.1) is 0 Å². The third kappa shape index (κ3) is 4.87. The van der Waals surface area contributed by atoms with Crippen LogP contribution in [0.15, 0.2) is 60.7 Å². The number of aromatic nitrogens is 2. The van der Waals surface area contributed by atoms with Gasteiger partial charge in [0.25, 0.3) is 0 Å². The number of para-hydroxylation sites is 2. The minimum absolute atomic E-state index is 0.828. The summed E-state index contributed by atoms with van der Waals surface area (Å²) in [4.78, 5) is 7.28. The first-order valence-electron chi connectivity index (χ1n) is 12.0. The van der Waals surface area contributed by atoms with E-state index in [2.05, 4.69) is 83.3 Å². The lowest BCUT2D eigenvalue weighted by atomic mass is 9.70. The molecule has 2 nitrogen and oxygen atoms in total. The Bertz CT molecular complexity index is 1060. The van der Waals surface area contributed by atoms with Crippen LogP contribution in [0.25, 0.3) is 21.8 Å². The summed E-state index contributed by atoms with van der Waals surface area (Å²) in [5.41, 5.74) is 5.33. The second kappa shape index (κ2) is 9.56. The van der Waals surface area contributed by atoms with Crippen molar-refractivity contribution < 1.29 is 0 Å². The smallest absolute Gasteiger partial charge is 0.0456 e. The molecule has 0 spiro atoms. The Kier molecular flexibility index (Phi) is 6.40. The normalized spacial score (nSPS) is 21.8. The maximum absolute atomic E-state index is 4.53. The minimum atomic E-state index is 0.828. The molecule has 4 aromatic rings. The van der Waals surface area contributed by atoms with Crippen molar-refractivity contribution in [2.75, 3.05) is 5.75 Å². The summed E-state index contributed by atoms with van der Waals surface area (Å²) in [6, 6.07) is 22.0. The van der Waals surface area contributed by atoms with Gasteiger partial charge < -0.3 is 9.97 Å². The molecule has 2 aromatic heterocycles. The molecular weight excluding hydrogens is 396 g/mol. The van der Waals surface area contributed by atoms with Crippen molar-refractivity contribution in [1.29, 1.82) is 0 Å². The van der Waals surface area contributed by atoms with Gasteiger partial charge in [-0.3, -0.25) is 0 Å². The fourth-order valence-corrected chi connectivity index (χ4v) is 6.19. The van der Waals surface area contributed by atoms with Gasteiger partial charge in [-0.2, -0.15) is 12.6 Å². The number of aromatic amines is 2. The molecule has 31 heavy (non-hydrogen) atoms. The highest BCUT2D eigenvalue weighted by Crippen LogP contribution is 2.40. The molecule has 1 saturated carbocycles. The quantitative estimate of drug-likeness (QED) is 0.241. The van der Waals surface area contributed by atoms with Crippen molar-refractivity contribution in [3.8, 4) is 0 Å². The molecule has 1 aliphatic carbocycles. The zero-order valence-corrected chi connectivity index (χ0v) is 19.2. The minimum Gasteiger partial charge on any atom is -0.358 e. The average molecular weight is 431 g/mol. The van der Waals surface area contributed by atoms with E-state index < -0.39 is 0 Å². The van der Waals surface area contributed by atoms with Crippen LogP contribution in [0.5, 0.6) is 0 Å². The fourth-order valence-electron chi connectivity index (χ4n) is 5.82. The third-order valence-corrected chi connectivity index (χ3v) is 7.78. The first kappa shape index (κ1) is 20.8. The van der Waals surface area contributed by atoms with E-state index in [9.17, 15) is 0 Å². The van der Waals surface area contributed by atoms with Gasteiger partial charge in [-0.25, -0.2) is 0 Å². The van der Waals surface area contributed by atoms with Gasteiger partial charge in [0.2, 0.25) is 0 Å². The maximum Gasteiger partial charge on any atom is 0.0456 e. The van der Waals surface area contributed by atoms with E-state index in [0.29, 0.717) is 0 Å². The average Bonchev–Trinajstić information content (AvgIpc) is 3.40. The summed E-state index contributed by atoms with van der Waals surface area (Å²) < 4.78 is 0. The van der Waals surface area contributed by atoms with Gasteiger partial charge >= 0.3 is 0 Å². The predicted molar refractivity (Wildman–Crippen MR) is 136 cm³/mol. The molecule has 1 aliphatic rings. The topological polar surface area (TPSA) is 31.6 Å². The SMILES string of the molecule is SCCC1CCC(CCc2cc3ccccc3[nH]2)C(CCc2cc3ccccc3[nH]2)C1. The molecule has 1 fully saturated rings. The molecule has 3 atom stereocenters. The van der Waals surface area contributed by atoms with Gasteiger partial charge in [0.15, 0.2) is 0 Å². The second-order valence-corrected chi connectivity index (χ2v) is 10.00. The van der Waals surface area contributed by atoms with E-state index in [0.717, 1.165) is 29.9 Å². The van der Waals surface area contributed by atoms with Crippen molar-refractivity contribution in [2.45, 2.75) is 51.4 Å². The van der Waals surface area contributed by atoms with Crippen molar-refractivity contribution >= 4 is 34.4 Å². The lowest BCUT2D eigenvalue weighted by molar-refractivity contribution is 0.158. The van der Waals surface area contributed by atoms with Crippen LogP contribution in [0.2, 0.25) is 0 Å². The Morgan fingerprint density at radius 1 is 0.710 bits per heavy atom. The van der Waals surface area contributed by atoms with E-state index in [1.807, 2.05) is 0 Å². The van der Waals surface area contributed by atoms with Crippen molar-refractivity contribution in [2.24, 2.45) is 17.8 Å². The summed E-state index contributed by atoms with van der Waals surface area (Å²) in [5.74, 6) is 3.56. The van der Waals surface area contributed by atoms with Crippen LogP contribution in [0.3, 0.4) is 0 Å². The molecule has 2 aromatic carbocycles. The maximum atomic E-state index is 4.53. The van der Waals surface area contributed by atoms with Gasteiger partial charge in [-0.15, -0.1) is 0 Å². The molecule has 0 bridgehead atoms. The zero-order valence-electron chi connectivity index (χ0n) is 18.3. The number of fused-ring (bicyclic) bond motifs is 2. The van der Waals surface area contributed by atoms with E-state index in [-0.39, 0.29) is 0 Å². The van der Waals surface area contributed by atoms with E-state index in [1.54, 1.807) is 0 Å². The highest BCUT2D eigenvalue weighted by Gasteiger charge is 2.30. The number of rotatable bonds is 8. The molecule has 0 saturated heterocycles. The molecule has 0 radical (unpaired) electrons. The Labute approximate surface area is 191 Å². The summed E-state index contributed by atoms with van der Waals surface area (Å²) in [6.45, 7) is 0. The van der Waals surface area contributed by atoms with Gasteiger partial charge in [0, 0.05) is 22.4 Å². The van der Waals surface area contributed by atoms with E-state index in [1.165, 1.54) is 78.1 Å². The zero-order chi connectivity index (χ0) is 21.0. The largest absolute Gasteiger partial charge is 0.358 e. The first-order chi connectivity index (χ1) is 15.3. The number of nitrogens with one attached hydrogen (secondary N) is 2. The lowest BCUT2D eigenvalue weighted by Gasteiger charge is -2.36. The van der Waals surface area contributed by atoms with Crippen LogP contribution in [0.1, 0.15) is 49.9 Å². The highest BCUT2D eigenvalue weighted by atomic mass is 32.1. The van der Waals surface area contributed by atoms with Gasteiger partial charge in [-0.1, -0.05) is 42.8 Å². The van der Waals surface area contributed by atoms with Crippen LogP contribution in [-0.4, -0.2) is 15.7 Å². The van der Waals surface area contributed by atoms with Gasteiger partial charge in [0.1, 0.15) is 0 Å².